The molecule has 0 spiro atoms. The van der Waals surface area contributed by atoms with E-state index in [0.29, 0.717) is 19.0 Å². The molecule has 0 amide bonds. The molecule has 1 N–H and O–H groups in total. The van der Waals surface area contributed by atoms with Crippen molar-refractivity contribution < 1.29 is 14.6 Å². The van der Waals surface area contributed by atoms with Crippen LogP contribution in [-0.4, -0.2) is 43.4 Å². The van der Waals surface area contributed by atoms with Crippen molar-refractivity contribution in [3.63, 3.8) is 0 Å². The first kappa shape index (κ1) is 19.0. The maximum absolute atomic E-state index is 12.2. The summed E-state index contributed by atoms with van der Waals surface area (Å²) >= 11 is 0. The third-order valence-corrected chi connectivity index (χ3v) is 6.74. The van der Waals surface area contributed by atoms with Gasteiger partial charge in [-0.05, 0) is 31.4 Å². The predicted octanol–water partition coefficient (Wildman–Crippen LogP) is 4.64. The van der Waals surface area contributed by atoms with Crippen LogP contribution in [0, 0.1) is 0 Å². The molecule has 0 aliphatic carbocycles. The lowest BCUT2D eigenvalue weighted by atomic mass is 10.1. The normalized spacial score (nSPS) is 15.6. The van der Waals surface area contributed by atoms with Crippen molar-refractivity contribution >= 4 is 30.6 Å². The van der Waals surface area contributed by atoms with Gasteiger partial charge in [0.1, 0.15) is 6.73 Å². The Morgan fingerprint density at radius 2 is 1.85 bits per heavy atom. The molecule has 0 saturated carbocycles. The summed E-state index contributed by atoms with van der Waals surface area (Å²) in [5.41, 5.74) is 2.17. The Kier molecular flexibility index (Phi) is 5.72. The molecule has 1 aromatic heterocycles. The number of ether oxygens (including phenoxy) is 1. The zero-order valence-electron chi connectivity index (χ0n) is 16.1. The first-order chi connectivity index (χ1) is 12.4. The van der Waals surface area contributed by atoms with E-state index in [4.69, 9.17) is 4.74 Å². The molecule has 6 heteroatoms. The highest BCUT2D eigenvalue weighted by molar-refractivity contribution is 6.76. The van der Waals surface area contributed by atoms with Crippen LogP contribution in [0.4, 0.5) is 5.69 Å². The third-order valence-electron chi connectivity index (χ3n) is 5.04. The number of hydrogen-bond acceptors (Lipinski definition) is 3. The second-order valence-electron chi connectivity index (χ2n) is 8.34. The predicted molar refractivity (Wildman–Crippen MR) is 109 cm³/mol. The highest BCUT2D eigenvalue weighted by atomic mass is 28.3. The molecule has 142 valence electrons. The topological polar surface area (TPSA) is 54.7 Å². The summed E-state index contributed by atoms with van der Waals surface area (Å²) in [6, 6.07) is 9.05. The number of carbonyl (C=O) groups is 1. The fourth-order valence-corrected chi connectivity index (χ4v) is 4.36. The minimum absolute atomic E-state index is 0.292. The van der Waals surface area contributed by atoms with Gasteiger partial charge in [0.05, 0.1) is 11.2 Å². The minimum atomic E-state index is -1.16. The summed E-state index contributed by atoms with van der Waals surface area (Å²) in [7, 11) is -1.16. The zero-order chi connectivity index (χ0) is 18.7. The number of para-hydroxylation sites is 1. The van der Waals surface area contributed by atoms with E-state index in [2.05, 4.69) is 24.5 Å². The summed E-state index contributed by atoms with van der Waals surface area (Å²) in [5.74, 6) is -0.879. The summed E-state index contributed by atoms with van der Waals surface area (Å²) < 4.78 is 7.75. The number of benzene rings is 1. The largest absolute Gasteiger partial charge is 0.477 e. The second kappa shape index (κ2) is 7.84. The van der Waals surface area contributed by atoms with E-state index in [9.17, 15) is 9.90 Å². The van der Waals surface area contributed by atoms with Gasteiger partial charge in [-0.1, -0.05) is 37.8 Å². The Labute approximate surface area is 156 Å². The number of carboxylic acid groups (broad SMARTS) is 1. The van der Waals surface area contributed by atoms with Gasteiger partial charge in [0.2, 0.25) is 0 Å². The van der Waals surface area contributed by atoms with Crippen molar-refractivity contribution in [2.45, 2.75) is 51.7 Å². The van der Waals surface area contributed by atoms with Crippen LogP contribution in [0.1, 0.15) is 29.8 Å². The Bertz CT molecular complexity index is 773. The molecule has 1 aromatic carbocycles. The minimum Gasteiger partial charge on any atom is -0.477 e. The van der Waals surface area contributed by atoms with E-state index in [1.165, 1.54) is 6.42 Å². The van der Waals surface area contributed by atoms with Crippen molar-refractivity contribution in [3.8, 4) is 0 Å². The number of hydrogen-bond donors (Lipinski definition) is 1. The fraction of sp³-hybridized carbons (Fsp3) is 0.550. The summed E-state index contributed by atoms with van der Waals surface area (Å²) in [6.45, 7) is 9.77. The molecule has 1 saturated heterocycles. The summed E-state index contributed by atoms with van der Waals surface area (Å²) in [4.78, 5) is 14.4. The smallest absolute Gasteiger partial charge is 0.354 e. The molecule has 5 nitrogen and oxygen atoms in total. The van der Waals surface area contributed by atoms with Crippen molar-refractivity contribution in [1.29, 1.82) is 0 Å². The number of piperidine rings is 1. The fourth-order valence-electron chi connectivity index (χ4n) is 3.61. The number of aromatic nitrogens is 1. The van der Waals surface area contributed by atoms with Crippen molar-refractivity contribution in [2.24, 2.45) is 0 Å². The van der Waals surface area contributed by atoms with Crippen LogP contribution in [0.2, 0.25) is 25.7 Å². The average molecular weight is 375 g/mol. The third kappa shape index (κ3) is 4.12. The highest BCUT2D eigenvalue weighted by Gasteiger charge is 2.27. The highest BCUT2D eigenvalue weighted by Crippen LogP contribution is 2.35. The monoisotopic (exact) mass is 374 g/mol. The SMILES string of the molecule is C[Si](C)(C)CCOCn1c(C(=O)O)c(N2CCCCC2)c2ccccc21. The van der Waals surface area contributed by atoms with Gasteiger partial charge in [0, 0.05) is 33.2 Å². The van der Waals surface area contributed by atoms with Gasteiger partial charge in [0.25, 0.3) is 0 Å². The van der Waals surface area contributed by atoms with Crippen LogP contribution in [0.5, 0.6) is 0 Å². The Morgan fingerprint density at radius 3 is 2.50 bits per heavy atom. The quantitative estimate of drug-likeness (QED) is 0.566. The van der Waals surface area contributed by atoms with Gasteiger partial charge in [-0.2, -0.15) is 0 Å². The number of fused-ring (bicyclic) bond motifs is 1. The number of carboxylic acids is 1. The standard InChI is InChI=1S/C20H30N2O3Si/c1-26(2,3)14-13-25-15-22-17-10-6-5-9-16(17)18(19(22)20(23)24)21-11-7-4-8-12-21/h5-6,9-10H,4,7-8,11-15H2,1-3H3,(H,23,24). The van der Waals surface area contributed by atoms with E-state index in [-0.39, 0.29) is 0 Å². The lowest BCUT2D eigenvalue weighted by molar-refractivity contribution is 0.0631. The molecule has 0 unspecified atom stereocenters. The molecule has 0 radical (unpaired) electrons. The van der Waals surface area contributed by atoms with Crippen LogP contribution in [-0.2, 0) is 11.5 Å². The number of aromatic carboxylic acids is 1. The van der Waals surface area contributed by atoms with Gasteiger partial charge in [-0.15, -0.1) is 0 Å². The molecule has 3 rings (SSSR count). The van der Waals surface area contributed by atoms with Gasteiger partial charge >= 0.3 is 5.97 Å². The number of rotatable bonds is 7. The molecular formula is C20H30N2O3Si. The Morgan fingerprint density at radius 1 is 1.15 bits per heavy atom. The van der Waals surface area contributed by atoms with E-state index in [0.717, 1.165) is 48.6 Å². The lowest BCUT2D eigenvalue weighted by Gasteiger charge is -2.29. The van der Waals surface area contributed by atoms with Crippen LogP contribution in [0.25, 0.3) is 10.9 Å². The molecule has 1 fully saturated rings. The molecule has 0 atom stereocenters. The van der Waals surface area contributed by atoms with Gasteiger partial charge in [-0.3, -0.25) is 0 Å². The second-order valence-corrected chi connectivity index (χ2v) is 14.0. The lowest BCUT2D eigenvalue weighted by Crippen LogP contribution is -2.31. The Balaban J connectivity index is 1.96. The Hall–Kier alpha value is -1.79. The first-order valence-corrected chi connectivity index (χ1v) is 13.3. The summed E-state index contributed by atoms with van der Waals surface area (Å²) in [6.07, 6.45) is 3.45. The van der Waals surface area contributed by atoms with E-state index < -0.39 is 14.0 Å². The van der Waals surface area contributed by atoms with Gasteiger partial charge in [-0.25, -0.2) is 4.79 Å². The molecule has 2 heterocycles. The van der Waals surface area contributed by atoms with E-state index >= 15 is 0 Å². The van der Waals surface area contributed by atoms with Crippen molar-refractivity contribution in [1.82, 2.24) is 4.57 Å². The van der Waals surface area contributed by atoms with Gasteiger partial charge < -0.3 is 19.3 Å². The molecule has 2 aromatic rings. The number of nitrogens with zero attached hydrogens (tertiary/aromatic N) is 2. The van der Waals surface area contributed by atoms with Crippen LogP contribution >= 0.6 is 0 Å². The van der Waals surface area contributed by atoms with E-state index in [1.807, 2.05) is 28.8 Å². The molecular weight excluding hydrogens is 344 g/mol. The van der Waals surface area contributed by atoms with Crippen molar-refractivity contribution in [2.75, 3.05) is 24.6 Å². The van der Waals surface area contributed by atoms with Crippen LogP contribution in [0.3, 0.4) is 0 Å². The molecule has 0 bridgehead atoms. The average Bonchev–Trinajstić information content (AvgIpc) is 2.93. The first-order valence-electron chi connectivity index (χ1n) is 9.56. The maximum Gasteiger partial charge on any atom is 0.354 e. The molecule has 1 aliphatic rings. The van der Waals surface area contributed by atoms with Crippen LogP contribution < -0.4 is 4.90 Å². The maximum atomic E-state index is 12.2. The van der Waals surface area contributed by atoms with E-state index in [1.54, 1.807) is 0 Å². The van der Waals surface area contributed by atoms with Crippen molar-refractivity contribution in [3.05, 3.63) is 30.0 Å². The zero-order valence-corrected chi connectivity index (χ0v) is 17.1. The van der Waals surface area contributed by atoms with Gasteiger partial charge in [0.15, 0.2) is 5.69 Å². The summed E-state index contributed by atoms with van der Waals surface area (Å²) in [5, 5.41) is 11.0. The molecule has 1 aliphatic heterocycles. The van der Waals surface area contributed by atoms with Crippen LogP contribution in [0.15, 0.2) is 24.3 Å². The number of anilines is 1. The molecule has 26 heavy (non-hydrogen) atoms.